The van der Waals surface area contributed by atoms with Crippen LogP contribution in [0.3, 0.4) is 0 Å². The van der Waals surface area contributed by atoms with Gasteiger partial charge in [0.1, 0.15) is 0 Å². The number of hydrogen-bond donors (Lipinski definition) is 2. The second-order valence-corrected chi connectivity index (χ2v) is 6.64. The SMILES string of the molecule is C[C@H](NS(=O)(=O)CCC(=O)O)c1ccc(Br)cc1. The summed E-state index contributed by atoms with van der Waals surface area (Å²) in [5, 5.41) is 8.46. The summed E-state index contributed by atoms with van der Waals surface area (Å²) in [6, 6.07) is 6.84. The molecule has 0 radical (unpaired) electrons. The van der Waals surface area contributed by atoms with Gasteiger partial charge < -0.3 is 5.11 Å². The number of rotatable bonds is 6. The lowest BCUT2D eigenvalue weighted by atomic mass is 10.1. The normalized spacial score (nSPS) is 13.2. The molecular formula is C11H14BrNO4S. The van der Waals surface area contributed by atoms with E-state index in [9.17, 15) is 13.2 Å². The number of carbonyl (C=O) groups is 1. The van der Waals surface area contributed by atoms with Gasteiger partial charge in [-0.15, -0.1) is 0 Å². The van der Waals surface area contributed by atoms with Crippen molar-refractivity contribution < 1.29 is 18.3 Å². The molecule has 0 aromatic heterocycles. The van der Waals surface area contributed by atoms with Crippen LogP contribution in [0.5, 0.6) is 0 Å². The van der Waals surface area contributed by atoms with E-state index in [1.54, 1.807) is 19.1 Å². The van der Waals surface area contributed by atoms with E-state index in [4.69, 9.17) is 5.11 Å². The van der Waals surface area contributed by atoms with Crippen molar-refractivity contribution in [2.45, 2.75) is 19.4 Å². The Morgan fingerprint density at radius 1 is 1.39 bits per heavy atom. The van der Waals surface area contributed by atoms with Gasteiger partial charge >= 0.3 is 5.97 Å². The highest BCUT2D eigenvalue weighted by Crippen LogP contribution is 2.17. The Labute approximate surface area is 114 Å². The summed E-state index contributed by atoms with van der Waals surface area (Å²) in [5.41, 5.74) is 0.817. The molecule has 1 aromatic carbocycles. The highest BCUT2D eigenvalue weighted by atomic mass is 79.9. The number of hydrogen-bond acceptors (Lipinski definition) is 3. The molecule has 0 aliphatic carbocycles. The van der Waals surface area contributed by atoms with Gasteiger partial charge in [0.15, 0.2) is 0 Å². The fourth-order valence-electron chi connectivity index (χ4n) is 1.37. The molecule has 18 heavy (non-hydrogen) atoms. The average Bonchev–Trinajstić information content (AvgIpc) is 2.27. The van der Waals surface area contributed by atoms with Gasteiger partial charge in [0.25, 0.3) is 0 Å². The van der Waals surface area contributed by atoms with Crippen LogP contribution in [0.15, 0.2) is 28.7 Å². The number of sulfonamides is 1. The molecule has 7 heteroatoms. The molecule has 1 rings (SSSR count). The second-order valence-electron chi connectivity index (χ2n) is 3.85. The molecule has 100 valence electrons. The molecule has 0 spiro atoms. The van der Waals surface area contributed by atoms with Crippen LogP contribution in [0.1, 0.15) is 24.9 Å². The van der Waals surface area contributed by atoms with Gasteiger partial charge in [-0.05, 0) is 24.6 Å². The first kappa shape index (κ1) is 15.1. The van der Waals surface area contributed by atoms with Crippen LogP contribution >= 0.6 is 15.9 Å². The maximum atomic E-state index is 11.6. The average molecular weight is 336 g/mol. The van der Waals surface area contributed by atoms with Crippen molar-refractivity contribution >= 4 is 31.9 Å². The van der Waals surface area contributed by atoms with Crippen molar-refractivity contribution in [1.82, 2.24) is 4.72 Å². The fraction of sp³-hybridized carbons (Fsp3) is 0.364. The van der Waals surface area contributed by atoms with E-state index in [-0.39, 0.29) is 0 Å². The molecule has 0 heterocycles. The maximum Gasteiger partial charge on any atom is 0.304 e. The number of halogens is 1. The zero-order valence-electron chi connectivity index (χ0n) is 9.76. The molecule has 1 aromatic rings. The smallest absolute Gasteiger partial charge is 0.304 e. The van der Waals surface area contributed by atoms with E-state index in [2.05, 4.69) is 20.7 Å². The molecule has 0 bridgehead atoms. The quantitative estimate of drug-likeness (QED) is 0.831. The summed E-state index contributed by atoms with van der Waals surface area (Å²) < 4.78 is 26.6. The van der Waals surface area contributed by atoms with Gasteiger partial charge in [0, 0.05) is 10.5 Å². The van der Waals surface area contributed by atoms with E-state index in [0.29, 0.717) is 0 Å². The highest BCUT2D eigenvalue weighted by Gasteiger charge is 2.17. The van der Waals surface area contributed by atoms with Crippen LogP contribution in [0.25, 0.3) is 0 Å². The van der Waals surface area contributed by atoms with Crippen LogP contribution in [-0.2, 0) is 14.8 Å². The lowest BCUT2D eigenvalue weighted by molar-refractivity contribution is -0.136. The van der Waals surface area contributed by atoms with E-state index >= 15 is 0 Å². The van der Waals surface area contributed by atoms with Gasteiger partial charge in [-0.2, -0.15) is 0 Å². The van der Waals surface area contributed by atoms with Gasteiger partial charge in [0.2, 0.25) is 10.0 Å². The maximum absolute atomic E-state index is 11.6. The Morgan fingerprint density at radius 2 is 1.94 bits per heavy atom. The fourth-order valence-corrected chi connectivity index (χ4v) is 2.87. The molecule has 0 amide bonds. The standard InChI is InChI=1S/C11H14BrNO4S/c1-8(9-2-4-10(12)5-3-9)13-18(16,17)7-6-11(14)15/h2-5,8,13H,6-7H2,1H3,(H,14,15)/t8-/m0/s1. The Morgan fingerprint density at radius 3 is 2.44 bits per heavy atom. The number of carboxylic acids is 1. The van der Waals surface area contributed by atoms with Gasteiger partial charge in [0.05, 0.1) is 12.2 Å². The van der Waals surface area contributed by atoms with Crippen LogP contribution in [0.4, 0.5) is 0 Å². The number of aliphatic carboxylic acids is 1. The third-order valence-corrected chi connectivity index (χ3v) is 4.29. The Hall–Kier alpha value is -0.920. The first-order valence-corrected chi connectivity index (χ1v) is 7.72. The Balaban J connectivity index is 2.66. The lowest BCUT2D eigenvalue weighted by Crippen LogP contribution is -2.30. The van der Waals surface area contributed by atoms with Crippen LogP contribution in [0.2, 0.25) is 0 Å². The monoisotopic (exact) mass is 335 g/mol. The molecule has 0 saturated heterocycles. The Bertz CT molecular complexity index is 512. The van der Waals surface area contributed by atoms with Gasteiger partial charge in [-0.3, -0.25) is 4.79 Å². The first-order chi connectivity index (χ1) is 8.30. The molecule has 2 N–H and O–H groups in total. The third-order valence-electron chi connectivity index (χ3n) is 2.31. The van der Waals surface area contributed by atoms with E-state index in [1.807, 2.05) is 12.1 Å². The van der Waals surface area contributed by atoms with E-state index in [1.165, 1.54) is 0 Å². The van der Waals surface area contributed by atoms with Gasteiger partial charge in [-0.1, -0.05) is 28.1 Å². The molecule has 5 nitrogen and oxygen atoms in total. The van der Waals surface area contributed by atoms with Crippen molar-refractivity contribution in [1.29, 1.82) is 0 Å². The summed E-state index contributed by atoms with van der Waals surface area (Å²) in [6.45, 7) is 1.71. The molecule has 0 aliphatic heterocycles. The van der Waals surface area contributed by atoms with Crippen LogP contribution in [0, 0.1) is 0 Å². The first-order valence-electron chi connectivity index (χ1n) is 5.27. The summed E-state index contributed by atoms with van der Waals surface area (Å²) >= 11 is 3.29. The molecule has 0 unspecified atom stereocenters. The molecule has 0 aliphatic rings. The van der Waals surface area contributed by atoms with E-state index < -0.39 is 34.2 Å². The van der Waals surface area contributed by atoms with Crippen molar-refractivity contribution in [3.05, 3.63) is 34.3 Å². The van der Waals surface area contributed by atoms with Crippen LogP contribution in [-0.4, -0.2) is 25.2 Å². The minimum Gasteiger partial charge on any atom is -0.481 e. The Kier molecular flexibility index (Phi) is 5.30. The zero-order chi connectivity index (χ0) is 13.8. The molecule has 1 atom stereocenters. The summed E-state index contributed by atoms with van der Waals surface area (Å²) in [6.07, 6.45) is -0.400. The highest BCUT2D eigenvalue weighted by molar-refractivity contribution is 9.10. The number of benzene rings is 1. The topological polar surface area (TPSA) is 83.5 Å². The zero-order valence-corrected chi connectivity index (χ0v) is 12.2. The number of nitrogens with one attached hydrogen (secondary N) is 1. The predicted molar refractivity (Wildman–Crippen MR) is 71.7 cm³/mol. The van der Waals surface area contributed by atoms with Crippen molar-refractivity contribution in [3.63, 3.8) is 0 Å². The van der Waals surface area contributed by atoms with Crippen molar-refractivity contribution in [2.75, 3.05) is 5.75 Å². The van der Waals surface area contributed by atoms with Crippen LogP contribution < -0.4 is 4.72 Å². The van der Waals surface area contributed by atoms with Crippen molar-refractivity contribution in [3.8, 4) is 0 Å². The molecular weight excluding hydrogens is 322 g/mol. The largest absolute Gasteiger partial charge is 0.481 e. The second kappa shape index (κ2) is 6.31. The van der Waals surface area contributed by atoms with Crippen molar-refractivity contribution in [2.24, 2.45) is 0 Å². The predicted octanol–water partition coefficient (Wildman–Crippen LogP) is 1.90. The van der Waals surface area contributed by atoms with E-state index in [0.717, 1.165) is 10.0 Å². The summed E-state index contributed by atoms with van der Waals surface area (Å²) in [7, 11) is -3.58. The molecule has 0 fully saturated rings. The molecule has 0 saturated carbocycles. The minimum atomic E-state index is -3.58. The third kappa shape index (κ3) is 5.16. The van der Waals surface area contributed by atoms with Gasteiger partial charge in [-0.25, -0.2) is 13.1 Å². The number of carboxylic acid groups (broad SMARTS) is 1. The minimum absolute atomic E-state index is 0.392. The lowest BCUT2D eigenvalue weighted by Gasteiger charge is -2.14. The summed E-state index contributed by atoms with van der Waals surface area (Å²) in [4.78, 5) is 10.3. The summed E-state index contributed by atoms with van der Waals surface area (Å²) in [5.74, 6) is -1.54.